The molecule has 1 saturated heterocycles. The van der Waals surface area contributed by atoms with E-state index in [2.05, 4.69) is 5.32 Å². The van der Waals surface area contributed by atoms with E-state index in [0.29, 0.717) is 22.2 Å². The zero-order chi connectivity index (χ0) is 24.7. The number of halogens is 2. The van der Waals surface area contributed by atoms with Crippen molar-refractivity contribution in [1.82, 2.24) is 14.9 Å². The molecule has 2 aliphatic heterocycles. The highest BCUT2D eigenvalue weighted by Crippen LogP contribution is 2.34. The molecule has 4 rings (SSSR count). The van der Waals surface area contributed by atoms with Crippen LogP contribution in [-0.4, -0.2) is 58.5 Å². The lowest BCUT2D eigenvalue weighted by Crippen LogP contribution is -2.63. The van der Waals surface area contributed by atoms with Gasteiger partial charge in [0.15, 0.2) is 11.4 Å². The van der Waals surface area contributed by atoms with Crippen LogP contribution in [0.15, 0.2) is 29.2 Å². The average molecular weight is 584 g/mol. The minimum absolute atomic E-state index is 0.0675. The van der Waals surface area contributed by atoms with Gasteiger partial charge in [0, 0.05) is 29.5 Å². The van der Waals surface area contributed by atoms with E-state index in [1.165, 1.54) is 23.0 Å². The minimum Gasteiger partial charge on any atom is -0.502 e. The second-order valence-corrected chi connectivity index (χ2v) is 9.85. The molecule has 1 aromatic heterocycles. The van der Waals surface area contributed by atoms with Crippen LogP contribution in [0.1, 0.15) is 53.1 Å². The lowest BCUT2D eigenvalue weighted by molar-refractivity contribution is 0.0491. The largest absolute Gasteiger partial charge is 0.502 e. The summed E-state index contributed by atoms with van der Waals surface area (Å²) >= 11 is 1.97. The Morgan fingerprint density at radius 2 is 2.06 bits per heavy atom. The third-order valence-electron chi connectivity index (χ3n) is 6.22. The number of fused-ring (bicyclic) bond motifs is 3. The van der Waals surface area contributed by atoms with Crippen molar-refractivity contribution in [2.75, 3.05) is 18.7 Å². The molecule has 0 bridgehead atoms. The van der Waals surface area contributed by atoms with Crippen LogP contribution < -0.4 is 15.8 Å². The van der Waals surface area contributed by atoms with Crippen molar-refractivity contribution < 1.29 is 23.8 Å². The molecule has 0 unspecified atom stereocenters. The molecule has 9 nitrogen and oxygen atoms in total. The van der Waals surface area contributed by atoms with Crippen LogP contribution in [0.2, 0.25) is 0 Å². The molecule has 0 saturated carbocycles. The summed E-state index contributed by atoms with van der Waals surface area (Å²) in [6.07, 6.45) is 2.46. The number of hydrogen-bond acceptors (Lipinski definition) is 6. The van der Waals surface area contributed by atoms with E-state index in [9.17, 15) is 23.9 Å². The van der Waals surface area contributed by atoms with Gasteiger partial charge in [0.05, 0.1) is 12.6 Å². The van der Waals surface area contributed by atoms with Crippen molar-refractivity contribution in [2.45, 2.75) is 51.5 Å². The number of hydrogen-bond donors (Lipinski definition) is 2. The van der Waals surface area contributed by atoms with E-state index in [1.54, 1.807) is 18.1 Å². The number of pyridine rings is 1. The summed E-state index contributed by atoms with van der Waals surface area (Å²) in [6.45, 7) is 4.21. The molecule has 2 aliphatic rings. The van der Waals surface area contributed by atoms with E-state index in [1.807, 2.05) is 41.4 Å². The lowest BCUT2D eigenvalue weighted by atomic mass is 10.1. The van der Waals surface area contributed by atoms with Gasteiger partial charge in [-0.2, -0.15) is 0 Å². The zero-order valence-electron chi connectivity index (χ0n) is 19.0. The molecular weight excluding hydrogens is 558 g/mol. The molecule has 0 aliphatic carbocycles. The van der Waals surface area contributed by atoms with Crippen LogP contribution in [0.3, 0.4) is 0 Å². The third kappa shape index (κ3) is 4.15. The fraction of sp³-hybridized carbons (Fsp3) is 0.435. The number of methoxy groups -OCH3 is 1. The summed E-state index contributed by atoms with van der Waals surface area (Å²) in [5, 5.41) is 15.3. The number of nitrogens with zero attached hydrogens (tertiary/aromatic N) is 3. The number of carbonyl (C=O) groups excluding carboxylic acids is 2. The highest BCUT2D eigenvalue weighted by atomic mass is 127. The number of rotatable bonds is 6. The first-order valence-corrected chi connectivity index (χ1v) is 12.0. The van der Waals surface area contributed by atoms with Gasteiger partial charge in [0.2, 0.25) is 5.43 Å². The van der Waals surface area contributed by atoms with E-state index in [4.69, 9.17) is 4.74 Å². The van der Waals surface area contributed by atoms with E-state index < -0.39 is 23.0 Å². The van der Waals surface area contributed by atoms with Crippen molar-refractivity contribution in [1.29, 1.82) is 0 Å². The van der Waals surface area contributed by atoms with Gasteiger partial charge in [-0.1, -0.05) is 6.07 Å². The Morgan fingerprint density at radius 3 is 2.71 bits per heavy atom. The fourth-order valence-electron chi connectivity index (χ4n) is 4.69. The molecule has 3 heterocycles. The van der Waals surface area contributed by atoms with Crippen LogP contribution in [0.4, 0.5) is 4.39 Å². The smallest absolute Gasteiger partial charge is 0.278 e. The normalized spacial score (nSPS) is 19.4. The van der Waals surface area contributed by atoms with E-state index in [-0.39, 0.29) is 41.9 Å². The Bertz CT molecular complexity index is 1200. The monoisotopic (exact) mass is 584 g/mol. The van der Waals surface area contributed by atoms with E-state index in [0.717, 1.165) is 6.42 Å². The average Bonchev–Trinajstić information content (AvgIpc) is 3.18. The van der Waals surface area contributed by atoms with Crippen LogP contribution in [-0.2, 0) is 11.3 Å². The van der Waals surface area contributed by atoms with Gasteiger partial charge in [-0.15, -0.1) is 0 Å². The number of nitrogens with one attached hydrogen (secondary N) is 1. The molecular formula is C23H26FIN4O5. The first-order valence-electron chi connectivity index (χ1n) is 11.0. The summed E-state index contributed by atoms with van der Waals surface area (Å²) < 4.78 is 20.8. The van der Waals surface area contributed by atoms with Crippen LogP contribution in [0, 0.1) is 9.39 Å². The van der Waals surface area contributed by atoms with Crippen molar-refractivity contribution in [3.63, 3.8) is 0 Å². The third-order valence-corrected chi connectivity index (χ3v) is 7.23. The Morgan fingerprint density at radius 1 is 1.32 bits per heavy atom. The molecule has 2 N–H and O–H groups in total. The predicted octanol–water partition coefficient (Wildman–Crippen LogP) is 2.16. The summed E-state index contributed by atoms with van der Waals surface area (Å²) in [4.78, 5) is 40.9. The highest BCUT2D eigenvalue weighted by Gasteiger charge is 2.47. The summed E-state index contributed by atoms with van der Waals surface area (Å²) in [6, 6.07) is 3.92. The molecule has 1 fully saturated rings. The lowest BCUT2D eigenvalue weighted by Gasteiger charge is -2.46. The fourth-order valence-corrected chi connectivity index (χ4v) is 5.36. The van der Waals surface area contributed by atoms with Gasteiger partial charge < -0.3 is 20.1 Å². The van der Waals surface area contributed by atoms with Gasteiger partial charge >= 0.3 is 0 Å². The molecule has 34 heavy (non-hydrogen) atoms. The van der Waals surface area contributed by atoms with Crippen LogP contribution >= 0.6 is 22.6 Å². The van der Waals surface area contributed by atoms with Gasteiger partial charge in [0.1, 0.15) is 17.5 Å². The molecule has 2 amide bonds. The van der Waals surface area contributed by atoms with Crippen molar-refractivity contribution in [3.05, 3.63) is 60.8 Å². The minimum atomic E-state index is -0.921. The first kappa shape index (κ1) is 24.5. The molecule has 182 valence electrons. The number of carbonyl (C=O) groups is 2. The number of ether oxygens (including phenoxy) is 1. The van der Waals surface area contributed by atoms with E-state index >= 15 is 0 Å². The van der Waals surface area contributed by atoms with Crippen molar-refractivity contribution >= 4 is 34.4 Å². The maximum absolute atomic E-state index is 13.4. The van der Waals surface area contributed by atoms with Crippen LogP contribution in [0.25, 0.3) is 0 Å². The highest BCUT2D eigenvalue weighted by molar-refractivity contribution is 14.1. The van der Waals surface area contributed by atoms with Gasteiger partial charge in [-0.05, 0) is 67.0 Å². The number of amides is 2. The summed E-state index contributed by atoms with van der Waals surface area (Å²) in [7, 11) is 1.59. The summed E-state index contributed by atoms with van der Waals surface area (Å²) in [5.74, 6) is -2.31. The number of aromatic hydroxyl groups is 1. The van der Waals surface area contributed by atoms with Crippen molar-refractivity contribution in [2.24, 2.45) is 0 Å². The number of aromatic nitrogens is 1. The molecule has 2 aromatic rings. The second kappa shape index (κ2) is 9.53. The number of benzene rings is 1. The summed E-state index contributed by atoms with van der Waals surface area (Å²) in [5.41, 5.74) is -0.690. The Labute approximate surface area is 209 Å². The van der Waals surface area contributed by atoms with Crippen molar-refractivity contribution in [3.8, 4) is 5.75 Å². The Balaban J connectivity index is 1.74. The Hall–Kier alpha value is -2.67. The first-order chi connectivity index (χ1) is 16.1. The van der Waals surface area contributed by atoms with Gasteiger partial charge in [0.25, 0.3) is 11.8 Å². The molecule has 1 aromatic carbocycles. The predicted molar refractivity (Wildman–Crippen MR) is 131 cm³/mol. The molecule has 2 atom stereocenters. The maximum Gasteiger partial charge on any atom is 0.278 e. The van der Waals surface area contributed by atoms with Crippen LogP contribution in [0.5, 0.6) is 5.75 Å². The topological polar surface area (TPSA) is 104 Å². The standard InChI is InChI=1S/C23H26FIN4O5/c1-12(2)28-18-7-6-15(11-34-3)29(18)27-10-16(20(30)21(31)19(27)23(28)33)22(32)26-9-13-4-5-14(24)8-17(13)25/h4-5,8,10,12,15,18,31H,6-7,9,11H2,1-3H3,(H,26,32)/t15-,18-/m0/s1. The Kier molecular flexibility index (Phi) is 6.85. The second-order valence-electron chi connectivity index (χ2n) is 8.69. The quantitative estimate of drug-likeness (QED) is 0.505. The zero-order valence-corrected chi connectivity index (χ0v) is 21.2. The SMILES string of the molecule is COC[C@@H]1CC[C@H]2N(C(C)C)C(=O)c3c(O)c(=O)c(C(=O)NCc4ccc(F)cc4I)cn3N12. The van der Waals surface area contributed by atoms with Gasteiger partial charge in [-0.25, -0.2) is 4.39 Å². The van der Waals surface area contributed by atoms with Gasteiger partial charge in [-0.3, -0.25) is 24.1 Å². The molecule has 11 heteroatoms. The maximum atomic E-state index is 13.4. The molecule has 0 spiro atoms. The molecule has 0 radical (unpaired) electrons.